The topological polar surface area (TPSA) is 76.0 Å². The molecule has 1 aliphatic rings. The molecule has 1 heterocycles. The third kappa shape index (κ3) is 5.32. The second-order valence-electron chi connectivity index (χ2n) is 8.80. The minimum atomic E-state index is -0.128. The molecule has 6 nitrogen and oxygen atoms in total. The molecule has 0 saturated carbocycles. The highest BCUT2D eigenvalue weighted by Crippen LogP contribution is 2.25. The van der Waals surface area contributed by atoms with E-state index in [0.29, 0.717) is 30.1 Å². The molecule has 1 aromatic heterocycles. The van der Waals surface area contributed by atoms with Crippen molar-refractivity contribution < 1.29 is 9.59 Å². The maximum Gasteiger partial charge on any atom is 0.225 e. The van der Waals surface area contributed by atoms with Gasteiger partial charge in [-0.2, -0.15) is 0 Å². The summed E-state index contributed by atoms with van der Waals surface area (Å²) in [5.74, 6) is 0.955. The molecule has 1 atom stereocenters. The summed E-state index contributed by atoms with van der Waals surface area (Å²) in [5.41, 5.74) is 4.15. The van der Waals surface area contributed by atoms with E-state index < -0.39 is 0 Å². The zero-order valence-electron chi connectivity index (χ0n) is 19.5. The molecule has 0 spiro atoms. The van der Waals surface area contributed by atoms with Gasteiger partial charge in [0, 0.05) is 24.9 Å². The van der Waals surface area contributed by atoms with E-state index in [0.717, 1.165) is 35.4 Å². The number of hydrogen-bond donors (Lipinski definition) is 2. The Morgan fingerprint density at radius 3 is 2.29 bits per heavy atom. The van der Waals surface area contributed by atoms with Crippen LogP contribution in [-0.2, 0) is 16.0 Å². The van der Waals surface area contributed by atoms with E-state index in [-0.39, 0.29) is 18.2 Å². The first-order valence-electron chi connectivity index (χ1n) is 12.0. The van der Waals surface area contributed by atoms with Gasteiger partial charge in [0.2, 0.25) is 11.8 Å². The number of imidazole rings is 1. The van der Waals surface area contributed by atoms with Gasteiger partial charge in [-0.05, 0) is 55.2 Å². The van der Waals surface area contributed by atoms with Crippen LogP contribution in [0.5, 0.6) is 0 Å². The van der Waals surface area contributed by atoms with Crippen LogP contribution in [0.15, 0.2) is 91.0 Å². The summed E-state index contributed by atoms with van der Waals surface area (Å²) in [7, 11) is 0. The molecule has 1 aliphatic carbocycles. The van der Waals surface area contributed by atoms with Crippen molar-refractivity contribution in [1.29, 1.82) is 0 Å². The molecule has 0 saturated heterocycles. The molecular weight excluding hydrogens is 436 g/mol. The van der Waals surface area contributed by atoms with Gasteiger partial charge >= 0.3 is 0 Å². The quantitative estimate of drug-likeness (QED) is 0.319. The Balaban J connectivity index is 1.27. The number of anilines is 2. The number of hydrogen-bond acceptors (Lipinski definition) is 3. The van der Waals surface area contributed by atoms with Crippen LogP contribution in [0, 0.1) is 5.92 Å². The Morgan fingerprint density at radius 1 is 0.857 bits per heavy atom. The number of benzene rings is 3. The van der Waals surface area contributed by atoms with E-state index in [1.165, 1.54) is 0 Å². The molecule has 0 radical (unpaired) electrons. The van der Waals surface area contributed by atoms with E-state index >= 15 is 0 Å². The summed E-state index contributed by atoms with van der Waals surface area (Å²) < 4.78 is 2.11. The van der Waals surface area contributed by atoms with Gasteiger partial charge in [-0.25, -0.2) is 4.98 Å². The van der Waals surface area contributed by atoms with Crippen molar-refractivity contribution in [3.05, 3.63) is 96.8 Å². The van der Waals surface area contributed by atoms with Gasteiger partial charge in [0.1, 0.15) is 5.82 Å². The molecule has 1 unspecified atom stereocenters. The smallest absolute Gasteiger partial charge is 0.225 e. The lowest BCUT2D eigenvalue weighted by Crippen LogP contribution is -2.18. The van der Waals surface area contributed by atoms with E-state index in [4.69, 9.17) is 4.98 Å². The monoisotopic (exact) mass is 464 g/mol. The summed E-state index contributed by atoms with van der Waals surface area (Å²) in [5, 5.41) is 5.93. The van der Waals surface area contributed by atoms with Crippen molar-refractivity contribution in [2.75, 3.05) is 10.6 Å². The number of carbonyl (C=O) groups is 2. The summed E-state index contributed by atoms with van der Waals surface area (Å²) in [6, 6.07) is 25.4. The number of aryl methyl sites for hydroxylation is 1. The molecule has 35 heavy (non-hydrogen) atoms. The molecule has 0 bridgehead atoms. The predicted molar refractivity (Wildman–Crippen MR) is 140 cm³/mol. The van der Waals surface area contributed by atoms with Gasteiger partial charge in [0.15, 0.2) is 0 Å². The Morgan fingerprint density at radius 2 is 1.54 bits per heavy atom. The number of nitrogens with zero attached hydrogens (tertiary/aromatic N) is 2. The number of aromatic nitrogens is 2. The van der Waals surface area contributed by atoms with Gasteiger partial charge < -0.3 is 10.6 Å². The molecule has 2 N–H and O–H groups in total. The highest BCUT2D eigenvalue weighted by atomic mass is 16.2. The second kappa shape index (κ2) is 10.4. The third-order valence-corrected chi connectivity index (χ3v) is 6.26. The van der Waals surface area contributed by atoms with Crippen LogP contribution in [0.3, 0.4) is 0 Å². The van der Waals surface area contributed by atoms with Crippen LogP contribution in [-0.4, -0.2) is 21.4 Å². The second-order valence-corrected chi connectivity index (χ2v) is 8.80. The van der Waals surface area contributed by atoms with Crippen LogP contribution in [0.25, 0.3) is 16.7 Å². The maximum atomic E-state index is 12.9. The highest BCUT2D eigenvalue weighted by molar-refractivity contribution is 5.99. The number of carbonyl (C=O) groups excluding carboxylic acids is 2. The van der Waals surface area contributed by atoms with E-state index in [2.05, 4.69) is 27.4 Å². The van der Waals surface area contributed by atoms with E-state index in [1.807, 2.05) is 78.9 Å². The predicted octanol–water partition coefficient (Wildman–Crippen LogP) is 5.89. The van der Waals surface area contributed by atoms with Gasteiger partial charge in [-0.1, -0.05) is 54.6 Å². The Bertz CT molecular complexity index is 1370. The number of rotatable bonds is 8. The standard InChI is InChI=1S/C29H28N4O2/c34-28(31-23-14-6-7-15-24(23)32-29(35)20-21-10-4-5-11-21)19-18-27-30-25-16-8-9-17-26(25)33(27)22-12-2-1-3-13-22/h1-4,6-10,12-17,21H,5,11,18-20H2,(H,31,34)(H,32,35). The molecule has 0 aliphatic heterocycles. The molecule has 3 aromatic carbocycles. The summed E-state index contributed by atoms with van der Waals surface area (Å²) in [6.45, 7) is 0. The fourth-order valence-electron chi connectivity index (χ4n) is 4.55. The number of fused-ring (bicyclic) bond motifs is 1. The Kier molecular flexibility index (Phi) is 6.70. The van der Waals surface area contributed by atoms with Crippen molar-refractivity contribution in [3.63, 3.8) is 0 Å². The lowest BCUT2D eigenvalue weighted by Gasteiger charge is -2.14. The first-order chi connectivity index (χ1) is 17.2. The van der Waals surface area contributed by atoms with E-state index in [9.17, 15) is 9.59 Å². The minimum Gasteiger partial charge on any atom is -0.324 e. The van der Waals surface area contributed by atoms with Crippen molar-refractivity contribution in [1.82, 2.24) is 9.55 Å². The average molecular weight is 465 g/mol. The summed E-state index contributed by atoms with van der Waals surface area (Å²) in [4.78, 5) is 30.2. The fourth-order valence-corrected chi connectivity index (χ4v) is 4.55. The number of allylic oxidation sites excluding steroid dienone is 2. The third-order valence-electron chi connectivity index (χ3n) is 6.26. The molecule has 0 fully saturated rings. The van der Waals surface area contributed by atoms with Crippen molar-refractivity contribution in [2.45, 2.75) is 32.1 Å². The summed E-state index contributed by atoms with van der Waals surface area (Å²) >= 11 is 0. The first kappa shape index (κ1) is 22.6. The van der Waals surface area contributed by atoms with Crippen LogP contribution < -0.4 is 10.6 Å². The normalized spacial score (nSPS) is 14.8. The zero-order valence-corrected chi connectivity index (χ0v) is 19.5. The molecule has 2 amide bonds. The molecule has 4 aromatic rings. The largest absolute Gasteiger partial charge is 0.324 e. The molecule has 176 valence electrons. The van der Waals surface area contributed by atoms with Gasteiger partial charge in [-0.3, -0.25) is 14.2 Å². The fraction of sp³-hybridized carbons (Fsp3) is 0.207. The Labute approximate surface area is 204 Å². The molecular formula is C29H28N4O2. The van der Waals surface area contributed by atoms with Crippen LogP contribution in [0.1, 0.15) is 31.5 Å². The van der Waals surface area contributed by atoms with Crippen LogP contribution >= 0.6 is 0 Å². The van der Waals surface area contributed by atoms with Gasteiger partial charge in [0.25, 0.3) is 0 Å². The van der Waals surface area contributed by atoms with Crippen molar-refractivity contribution in [3.8, 4) is 5.69 Å². The number of nitrogens with one attached hydrogen (secondary N) is 2. The molecule has 5 rings (SSSR count). The molecule has 6 heteroatoms. The number of para-hydroxylation sites is 5. The zero-order chi connectivity index (χ0) is 24.0. The van der Waals surface area contributed by atoms with Gasteiger partial charge in [0.05, 0.1) is 22.4 Å². The Hall–Kier alpha value is -4.19. The lowest BCUT2D eigenvalue weighted by atomic mass is 10.0. The SMILES string of the molecule is O=C(CCc1nc2ccccc2n1-c1ccccc1)Nc1ccccc1NC(=O)CC1C=CCC1. The van der Waals surface area contributed by atoms with Crippen LogP contribution in [0.2, 0.25) is 0 Å². The average Bonchev–Trinajstić information content (AvgIpc) is 3.52. The van der Waals surface area contributed by atoms with Crippen molar-refractivity contribution in [2.24, 2.45) is 5.92 Å². The van der Waals surface area contributed by atoms with Crippen molar-refractivity contribution >= 4 is 34.2 Å². The minimum absolute atomic E-state index is 0.0418. The van der Waals surface area contributed by atoms with Crippen LogP contribution in [0.4, 0.5) is 11.4 Å². The first-order valence-corrected chi connectivity index (χ1v) is 12.0. The number of amides is 2. The van der Waals surface area contributed by atoms with E-state index in [1.54, 1.807) is 0 Å². The summed E-state index contributed by atoms with van der Waals surface area (Å²) in [6.07, 6.45) is 7.48. The maximum absolute atomic E-state index is 12.9. The van der Waals surface area contributed by atoms with Gasteiger partial charge in [-0.15, -0.1) is 0 Å². The lowest BCUT2D eigenvalue weighted by molar-refractivity contribution is -0.117. The highest BCUT2D eigenvalue weighted by Gasteiger charge is 2.17.